The third-order valence-electron chi connectivity index (χ3n) is 3.46. The van der Waals surface area contributed by atoms with Crippen LogP contribution in [0.25, 0.3) is 0 Å². The van der Waals surface area contributed by atoms with Crippen molar-refractivity contribution in [2.24, 2.45) is 0 Å². The molecule has 4 nitrogen and oxygen atoms in total. The number of hydrogen-bond donors (Lipinski definition) is 3. The minimum Gasteiger partial charge on any atom is -0.507 e. The van der Waals surface area contributed by atoms with Crippen molar-refractivity contribution in [1.82, 2.24) is 5.32 Å². The zero-order chi connectivity index (χ0) is 12.7. The molecule has 4 heteroatoms. The number of aliphatic hydroxyl groups excluding tert-OH is 2. The Kier molecular flexibility index (Phi) is 2.45. The molecule has 2 aliphatic rings. The van der Waals surface area contributed by atoms with E-state index < -0.39 is 5.92 Å². The second-order valence-electron chi connectivity index (χ2n) is 4.53. The number of allylic oxidation sites excluding steroid dienone is 3. The summed E-state index contributed by atoms with van der Waals surface area (Å²) in [6, 6.07) is 5.71. The second kappa shape index (κ2) is 3.99. The quantitative estimate of drug-likeness (QED) is 0.704. The summed E-state index contributed by atoms with van der Waals surface area (Å²) in [7, 11) is 0. The molecule has 0 amide bonds. The molecule has 1 aliphatic carbocycles. The van der Waals surface area contributed by atoms with Crippen molar-refractivity contribution in [3.63, 3.8) is 0 Å². The summed E-state index contributed by atoms with van der Waals surface area (Å²) < 4.78 is 0. The van der Waals surface area contributed by atoms with Gasteiger partial charge in [-0.25, -0.2) is 0 Å². The molecule has 1 atom stereocenters. The van der Waals surface area contributed by atoms with E-state index in [9.17, 15) is 15.0 Å². The minimum atomic E-state index is -0.773. The topological polar surface area (TPSA) is 69.6 Å². The maximum absolute atomic E-state index is 11.9. The van der Waals surface area contributed by atoms with E-state index in [4.69, 9.17) is 0 Å². The summed E-state index contributed by atoms with van der Waals surface area (Å²) >= 11 is 0. The molecule has 3 N–H and O–H groups in total. The lowest BCUT2D eigenvalue weighted by Crippen LogP contribution is -2.19. The van der Waals surface area contributed by atoms with Crippen LogP contribution in [0.1, 0.15) is 22.6 Å². The van der Waals surface area contributed by atoms with E-state index in [1.807, 2.05) is 18.2 Å². The average Bonchev–Trinajstić information content (AvgIpc) is 2.83. The molecule has 1 aromatic rings. The Labute approximate surface area is 104 Å². The van der Waals surface area contributed by atoms with Gasteiger partial charge in [-0.3, -0.25) is 4.79 Å². The molecule has 92 valence electrons. The van der Waals surface area contributed by atoms with Crippen molar-refractivity contribution in [3.05, 3.63) is 58.6 Å². The van der Waals surface area contributed by atoms with Crippen LogP contribution in [0.15, 0.2) is 41.9 Å². The molecule has 1 unspecified atom stereocenters. The third kappa shape index (κ3) is 1.54. The van der Waals surface area contributed by atoms with Crippen molar-refractivity contribution in [3.8, 4) is 0 Å². The Morgan fingerprint density at radius 2 is 2.00 bits per heavy atom. The lowest BCUT2D eigenvalue weighted by molar-refractivity contribution is -0.116. The summed E-state index contributed by atoms with van der Waals surface area (Å²) in [5.74, 6) is -1.47. The molecule has 0 aromatic heterocycles. The predicted molar refractivity (Wildman–Crippen MR) is 66.2 cm³/mol. The van der Waals surface area contributed by atoms with Crippen molar-refractivity contribution < 1.29 is 15.0 Å². The number of carbonyl (C=O) groups excluding carboxylic acids is 1. The molecule has 0 radical (unpaired) electrons. The van der Waals surface area contributed by atoms with E-state index in [1.165, 1.54) is 12.2 Å². The maximum Gasteiger partial charge on any atom is 0.170 e. The van der Waals surface area contributed by atoms with E-state index in [-0.39, 0.29) is 17.3 Å². The number of rotatable bonds is 1. The van der Waals surface area contributed by atoms with Crippen LogP contribution >= 0.6 is 0 Å². The zero-order valence-electron chi connectivity index (χ0n) is 9.68. The van der Waals surface area contributed by atoms with E-state index in [2.05, 4.69) is 5.32 Å². The number of aliphatic hydroxyl groups is 2. The molecule has 1 heterocycles. The molecule has 0 fully saturated rings. The first-order chi connectivity index (χ1) is 8.68. The molecule has 3 rings (SSSR count). The van der Waals surface area contributed by atoms with Gasteiger partial charge in [-0.1, -0.05) is 18.2 Å². The SMILES string of the molecule is O=C1C=CC(O)=C(O)C1c1cccc2c1CNC2. The number of fused-ring (bicyclic) bond motifs is 1. The first-order valence-electron chi connectivity index (χ1n) is 5.84. The minimum absolute atomic E-state index is 0.203. The van der Waals surface area contributed by atoms with Gasteiger partial charge in [0.15, 0.2) is 11.5 Å². The lowest BCUT2D eigenvalue weighted by Gasteiger charge is -2.20. The summed E-state index contributed by atoms with van der Waals surface area (Å²) in [6.07, 6.45) is 2.54. The highest BCUT2D eigenvalue weighted by molar-refractivity contribution is 5.99. The van der Waals surface area contributed by atoms with Gasteiger partial charge in [0.25, 0.3) is 0 Å². The molecule has 0 bridgehead atoms. The van der Waals surface area contributed by atoms with Crippen LogP contribution in [0.4, 0.5) is 0 Å². The maximum atomic E-state index is 11.9. The van der Waals surface area contributed by atoms with Gasteiger partial charge in [0, 0.05) is 13.1 Å². The first kappa shape index (κ1) is 11.0. The van der Waals surface area contributed by atoms with Gasteiger partial charge in [0.1, 0.15) is 11.7 Å². The smallest absolute Gasteiger partial charge is 0.170 e. The summed E-state index contributed by atoms with van der Waals surface area (Å²) in [4.78, 5) is 11.9. The van der Waals surface area contributed by atoms with Gasteiger partial charge in [-0.2, -0.15) is 0 Å². The predicted octanol–water partition coefficient (Wildman–Crippen LogP) is 1.84. The van der Waals surface area contributed by atoms with E-state index in [1.54, 1.807) is 0 Å². The van der Waals surface area contributed by atoms with Gasteiger partial charge in [0.05, 0.1) is 0 Å². The number of benzene rings is 1. The molecule has 1 aliphatic heterocycles. The Bertz CT molecular complexity index is 587. The van der Waals surface area contributed by atoms with E-state index >= 15 is 0 Å². The van der Waals surface area contributed by atoms with Crippen molar-refractivity contribution in [1.29, 1.82) is 0 Å². The van der Waals surface area contributed by atoms with Crippen molar-refractivity contribution in [2.75, 3.05) is 0 Å². The highest BCUT2D eigenvalue weighted by atomic mass is 16.3. The van der Waals surface area contributed by atoms with E-state index in [0.29, 0.717) is 6.54 Å². The van der Waals surface area contributed by atoms with Crippen molar-refractivity contribution in [2.45, 2.75) is 19.0 Å². The van der Waals surface area contributed by atoms with Gasteiger partial charge in [-0.05, 0) is 28.8 Å². The van der Waals surface area contributed by atoms with Gasteiger partial charge in [-0.15, -0.1) is 0 Å². The monoisotopic (exact) mass is 243 g/mol. The van der Waals surface area contributed by atoms with Gasteiger partial charge >= 0.3 is 0 Å². The highest BCUT2D eigenvalue weighted by Crippen LogP contribution is 2.34. The second-order valence-corrected chi connectivity index (χ2v) is 4.53. The molecule has 18 heavy (non-hydrogen) atoms. The average molecular weight is 243 g/mol. The van der Waals surface area contributed by atoms with Crippen LogP contribution in [-0.4, -0.2) is 16.0 Å². The molecule has 0 saturated heterocycles. The number of carbonyl (C=O) groups is 1. The first-order valence-corrected chi connectivity index (χ1v) is 5.84. The standard InChI is InChI=1S/C14H13NO3/c16-11-4-5-12(17)14(18)13(11)9-3-1-2-8-6-15-7-10(8)9/h1-5,13,15,17-18H,6-7H2. The molecule has 1 aromatic carbocycles. The van der Waals surface area contributed by atoms with E-state index in [0.717, 1.165) is 23.2 Å². The Morgan fingerprint density at radius 3 is 2.83 bits per heavy atom. The summed E-state index contributed by atoms with van der Waals surface area (Å²) in [5, 5.41) is 22.7. The normalized spacial score (nSPS) is 22.4. The fraction of sp³-hybridized carbons (Fsp3) is 0.214. The van der Waals surface area contributed by atoms with Crippen LogP contribution in [0, 0.1) is 0 Å². The lowest BCUT2D eigenvalue weighted by atomic mass is 9.85. The molecular formula is C14H13NO3. The molecule has 0 saturated carbocycles. The number of hydrogen-bond acceptors (Lipinski definition) is 4. The summed E-state index contributed by atoms with van der Waals surface area (Å²) in [5.41, 5.74) is 2.96. The summed E-state index contributed by atoms with van der Waals surface area (Å²) in [6.45, 7) is 1.46. The van der Waals surface area contributed by atoms with Crippen molar-refractivity contribution >= 4 is 5.78 Å². The van der Waals surface area contributed by atoms with Crippen LogP contribution in [0.2, 0.25) is 0 Å². The largest absolute Gasteiger partial charge is 0.507 e. The van der Waals surface area contributed by atoms with Crippen LogP contribution in [0.3, 0.4) is 0 Å². The zero-order valence-corrected chi connectivity index (χ0v) is 9.68. The Morgan fingerprint density at radius 1 is 1.17 bits per heavy atom. The van der Waals surface area contributed by atoms with Crippen LogP contribution in [0.5, 0.6) is 0 Å². The number of nitrogens with one attached hydrogen (secondary N) is 1. The Balaban J connectivity index is 2.13. The fourth-order valence-corrected chi connectivity index (χ4v) is 2.55. The van der Waals surface area contributed by atoms with Gasteiger partial charge in [0.2, 0.25) is 0 Å². The van der Waals surface area contributed by atoms with Crippen LogP contribution in [-0.2, 0) is 17.9 Å². The number of ketones is 1. The van der Waals surface area contributed by atoms with Crippen LogP contribution < -0.4 is 5.32 Å². The third-order valence-corrected chi connectivity index (χ3v) is 3.46. The molecular weight excluding hydrogens is 230 g/mol. The molecule has 0 spiro atoms. The van der Waals surface area contributed by atoms with Gasteiger partial charge < -0.3 is 15.5 Å². The Hall–Kier alpha value is -2.07. The fourth-order valence-electron chi connectivity index (χ4n) is 2.55. The highest BCUT2D eigenvalue weighted by Gasteiger charge is 2.31.